The number of rotatable bonds is 6. The molecule has 2 N–H and O–H groups in total. The molecule has 5 nitrogen and oxygen atoms in total. The van der Waals surface area contributed by atoms with Crippen molar-refractivity contribution in [3.8, 4) is 0 Å². The normalized spacial score (nSPS) is 10.4. The van der Waals surface area contributed by atoms with E-state index in [2.05, 4.69) is 46.8 Å². The molecular weight excluding hydrogens is 358 g/mol. The number of benzene rings is 2. The molecule has 0 saturated carbocycles. The minimum absolute atomic E-state index is 0.0976. The summed E-state index contributed by atoms with van der Waals surface area (Å²) >= 11 is 1.44. The van der Waals surface area contributed by atoms with Crippen LogP contribution in [0.15, 0.2) is 54.7 Å². The highest BCUT2D eigenvalue weighted by Gasteiger charge is 2.10. The van der Waals surface area contributed by atoms with Gasteiger partial charge in [0.2, 0.25) is 5.91 Å². The first-order chi connectivity index (χ1) is 13.0. The Hall–Kier alpha value is -2.99. The smallest absolute Gasteiger partial charge is 0.251 e. The molecular formula is C21H21N3O2S. The Balaban J connectivity index is 1.50. The third-order valence-electron chi connectivity index (χ3n) is 3.99. The van der Waals surface area contributed by atoms with Gasteiger partial charge >= 0.3 is 0 Å². The van der Waals surface area contributed by atoms with Gasteiger partial charge in [0.05, 0.1) is 6.54 Å². The zero-order valence-electron chi connectivity index (χ0n) is 15.3. The molecule has 0 aliphatic heterocycles. The second-order valence-electron chi connectivity index (χ2n) is 6.39. The fourth-order valence-electron chi connectivity index (χ4n) is 2.57. The lowest BCUT2D eigenvalue weighted by molar-refractivity contribution is -0.115. The second-order valence-corrected chi connectivity index (χ2v) is 7.51. The molecule has 1 aromatic heterocycles. The van der Waals surface area contributed by atoms with Crippen molar-refractivity contribution in [2.75, 3.05) is 11.9 Å². The van der Waals surface area contributed by atoms with E-state index in [0.717, 1.165) is 16.9 Å². The number of hydrogen-bond donors (Lipinski definition) is 2. The van der Waals surface area contributed by atoms with E-state index in [1.54, 1.807) is 18.3 Å². The minimum Gasteiger partial charge on any atom is -0.343 e. The summed E-state index contributed by atoms with van der Waals surface area (Å²) in [7, 11) is 0. The predicted octanol–water partition coefficient (Wildman–Crippen LogP) is 3.72. The van der Waals surface area contributed by atoms with Crippen LogP contribution in [-0.2, 0) is 11.2 Å². The Morgan fingerprint density at radius 2 is 1.81 bits per heavy atom. The van der Waals surface area contributed by atoms with Crippen molar-refractivity contribution in [2.45, 2.75) is 20.3 Å². The van der Waals surface area contributed by atoms with Crippen molar-refractivity contribution in [2.24, 2.45) is 0 Å². The van der Waals surface area contributed by atoms with Crippen LogP contribution in [0.25, 0.3) is 0 Å². The zero-order chi connectivity index (χ0) is 19.2. The average molecular weight is 379 g/mol. The van der Waals surface area contributed by atoms with Gasteiger partial charge in [0.15, 0.2) is 5.13 Å². The van der Waals surface area contributed by atoms with Gasteiger partial charge in [-0.05, 0) is 31.5 Å². The van der Waals surface area contributed by atoms with Crippen LogP contribution in [-0.4, -0.2) is 23.3 Å². The summed E-state index contributed by atoms with van der Waals surface area (Å²) in [5.41, 5.74) is 3.96. The van der Waals surface area contributed by atoms with Gasteiger partial charge in [0.1, 0.15) is 0 Å². The van der Waals surface area contributed by atoms with Gasteiger partial charge in [-0.3, -0.25) is 9.59 Å². The molecule has 0 radical (unpaired) electrons. The summed E-state index contributed by atoms with van der Waals surface area (Å²) in [4.78, 5) is 29.5. The van der Waals surface area contributed by atoms with Crippen molar-refractivity contribution >= 4 is 28.3 Å². The number of carbonyl (C=O) groups excluding carboxylic acids is 2. The van der Waals surface area contributed by atoms with Crippen LogP contribution in [0, 0.1) is 13.8 Å². The summed E-state index contributed by atoms with van der Waals surface area (Å²) in [6.45, 7) is 3.88. The van der Waals surface area contributed by atoms with Gasteiger partial charge in [-0.1, -0.05) is 47.5 Å². The highest BCUT2D eigenvalue weighted by molar-refractivity contribution is 7.15. The maximum atomic E-state index is 12.1. The topological polar surface area (TPSA) is 71.1 Å². The maximum Gasteiger partial charge on any atom is 0.251 e. The second kappa shape index (κ2) is 8.60. The molecule has 138 valence electrons. The fraction of sp³-hybridized carbons (Fsp3) is 0.190. The molecule has 0 fully saturated rings. The van der Waals surface area contributed by atoms with E-state index in [1.807, 2.05) is 19.1 Å². The monoisotopic (exact) mass is 379 g/mol. The van der Waals surface area contributed by atoms with E-state index < -0.39 is 0 Å². The fourth-order valence-corrected chi connectivity index (χ4v) is 3.43. The van der Waals surface area contributed by atoms with Crippen LogP contribution in [0.5, 0.6) is 0 Å². The average Bonchev–Trinajstić information content (AvgIpc) is 3.08. The number of hydrogen-bond acceptors (Lipinski definition) is 4. The Kier molecular flexibility index (Phi) is 5.98. The van der Waals surface area contributed by atoms with Crippen molar-refractivity contribution in [1.82, 2.24) is 10.3 Å². The number of thiazole rings is 1. The number of aromatic nitrogens is 1. The molecule has 3 rings (SSSR count). The first-order valence-electron chi connectivity index (χ1n) is 8.64. The van der Waals surface area contributed by atoms with E-state index in [0.29, 0.717) is 10.7 Å². The third-order valence-corrected chi connectivity index (χ3v) is 4.90. The molecule has 27 heavy (non-hydrogen) atoms. The van der Waals surface area contributed by atoms with Gasteiger partial charge in [0, 0.05) is 23.1 Å². The molecule has 0 unspecified atom stereocenters. The number of carbonyl (C=O) groups is 2. The molecule has 0 aliphatic carbocycles. The lowest BCUT2D eigenvalue weighted by atomic mass is 10.1. The van der Waals surface area contributed by atoms with E-state index in [4.69, 9.17) is 0 Å². The molecule has 1 heterocycles. The van der Waals surface area contributed by atoms with Gasteiger partial charge in [-0.15, -0.1) is 11.3 Å². The first-order valence-corrected chi connectivity index (χ1v) is 9.46. The molecule has 0 aliphatic rings. The SMILES string of the molecule is Cc1ccc(Cc2cnc(NC(=O)CNC(=O)c3cccc(C)c3)s2)cc1. The molecule has 6 heteroatoms. The third kappa shape index (κ3) is 5.49. The van der Waals surface area contributed by atoms with Crippen molar-refractivity contribution < 1.29 is 9.59 Å². The molecule has 0 saturated heterocycles. The Morgan fingerprint density at radius 3 is 2.56 bits per heavy atom. The van der Waals surface area contributed by atoms with Crippen molar-refractivity contribution in [3.63, 3.8) is 0 Å². The molecule has 3 aromatic rings. The number of nitrogens with one attached hydrogen (secondary N) is 2. The summed E-state index contributed by atoms with van der Waals surface area (Å²) in [6.07, 6.45) is 2.55. The summed E-state index contributed by atoms with van der Waals surface area (Å²) in [5.74, 6) is -0.569. The number of nitrogens with zero attached hydrogens (tertiary/aromatic N) is 1. The van der Waals surface area contributed by atoms with Gasteiger partial charge in [0.25, 0.3) is 5.91 Å². The molecule has 0 atom stereocenters. The van der Waals surface area contributed by atoms with Crippen LogP contribution in [0.2, 0.25) is 0 Å². The van der Waals surface area contributed by atoms with Gasteiger partial charge in [-0.2, -0.15) is 0 Å². The van der Waals surface area contributed by atoms with Crippen LogP contribution in [0.3, 0.4) is 0 Å². The van der Waals surface area contributed by atoms with E-state index in [9.17, 15) is 9.59 Å². The maximum absolute atomic E-state index is 12.1. The van der Waals surface area contributed by atoms with E-state index in [1.165, 1.54) is 22.5 Å². The van der Waals surface area contributed by atoms with Crippen molar-refractivity contribution in [3.05, 3.63) is 81.9 Å². The minimum atomic E-state index is -0.299. The predicted molar refractivity (Wildman–Crippen MR) is 108 cm³/mol. The van der Waals surface area contributed by atoms with Crippen molar-refractivity contribution in [1.29, 1.82) is 0 Å². The molecule has 2 amide bonds. The largest absolute Gasteiger partial charge is 0.343 e. The standard InChI is InChI=1S/C21H21N3O2S/c1-14-6-8-16(9-7-14)11-18-12-23-21(27-18)24-19(25)13-22-20(26)17-5-3-4-15(2)10-17/h3-10,12H,11,13H2,1-2H3,(H,22,26)(H,23,24,25). The Labute approximate surface area is 162 Å². The zero-order valence-corrected chi connectivity index (χ0v) is 16.1. The lowest BCUT2D eigenvalue weighted by Crippen LogP contribution is -2.32. The van der Waals surface area contributed by atoms with E-state index in [-0.39, 0.29) is 18.4 Å². The highest BCUT2D eigenvalue weighted by atomic mass is 32.1. The Bertz CT molecular complexity index is 948. The summed E-state index contributed by atoms with van der Waals surface area (Å²) < 4.78 is 0. The van der Waals surface area contributed by atoms with Crippen LogP contribution < -0.4 is 10.6 Å². The van der Waals surface area contributed by atoms with Crippen LogP contribution in [0.4, 0.5) is 5.13 Å². The molecule has 0 spiro atoms. The number of anilines is 1. The van der Waals surface area contributed by atoms with E-state index >= 15 is 0 Å². The van der Waals surface area contributed by atoms with Gasteiger partial charge < -0.3 is 10.6 Å². The number of aryl methyl sites for hydroxylation is 2. The summed E-state index contributed by atoms with van der Waals surface area (Å²) in [5, 5.41) is 5.89. The van der Waals surface area contributed by atoms with Gasteiger partial charge in [-0.25, -0.2) is 4.98 Å². The number of amides is 2. The van der Waals surface area contributed by atoms with Crippen LogP contribution in [0.1, 0.15) is 31.9 Å². The Morgan fingerprint density at radius 1 is 1.04 bits per heavy atom. The quantitative estimate of drug-likeness (QED) is 0.686. The molecule has 2 aromatic carbocycles. The summed E-state index contributed by atoms with van der Waals surface area (Å²) in [6, 6.07) is 15.6. The highest BCUT2D eigenvalue weighted by Crippen LogP contribution is 2.21. The first kappa shape index (κ1) is 18.8. The lowest BCUT2D eigenvalue weighted by Gasteiger charge is -2.05. The van der Waals surface area contributed by atoms with Crippen LogP contribution >= 0.6 is 11.3 Å². The molecule has 0 bridgehead atoms.